The highest BCUT2D eigenvalue weighted by molar-refractivity contribution is 8.00. The lowest BCUT2D eigenvalue weighted by Crippen LogP contribution is -2.50. The summed E-state index contributed by atoms with van der Waals surface area (Å²) in [7, 11) is 0. The number of carbonyl (C=O) groups is 2. The third-order valence-electron chi connectivity index (χ3n) is 4.46. The zero-order valence-corrected chi connectivity index (χ0v) is 16.2. The average molecular weight is 408 g/mol. The van der Waals surface area contributed by atoms with Gasteiger partial charge in [-0.2, -0.15) is 13.2 Å². The number of amides is 2. The van der Waals surface area contributed by atoms with E-state index in [9.17, 15) is 22.8 Å². The van der Waals surface area contributed by atoms with E-state index in [0.717, 1.165) is 16.0 Å². The molecule has 2 aromatic carbocycles. The Labute approximate surface area is 165 Å². The molecule has 1 unspecified atom stereocenters. The molecule has 3 rings (SSSR count). The first-order valence-electron chi connectivity index (χ1n) is 8.64. The predicted octanol–water partition coefficient (Wildman–Crippen LogP) is 4.70. The maximum Gasteiger partial charge on any atom is 0.409 e. The minimum Gasteiger partial charge on any atom is -0.324 e. The molecule has 0 bridgehead atoms. The van der Waals surface area contributed by atoms with Crippen LogP contribution >= 0.6 is 11.8 Å². The van der Waals surface area contributed by atoms with E-state index in [1.165, 1.54) is 23.9 Å². The molecule has 2 aromatic rings. The van der Waals surface area contributed by atoms with Crippen molar-refractivity contribution in [3.05, 3.63) is 53.6 Å². The average Bonchev–Trinajstić information content (AvgIpc) is 2.76. The molecule has 28 heavy (non-hydrogen) atoms. The van der Waals surface area contributed by atoms with E-state index in [1.807, 2.05) is 32.0 Å². The quantitative estimate of drug-likeness (QED) is 0.749. The van der Waals surface area contributed by atoms with Crippen molar-refractivity contribution < 1.29 is 22.8 Å². The van der Waals surface area contributed by atoms with Gasteiger partial charge in [0, 0.05) is 4.90 Å². The summed E-state index contributed by atoms with van der Waals surface area (Å²) in [6, 6.07) is 9.54. The van der Waals surface area contributed by atoms with Gasteiger partial charge in [0.15, 0.2) is 0 Å². The number of carbonyl (C=O) groups excluding carboxylic acids is 2. The van der Waals surface area contributed by atoms with Gasteiger partial charge in [0.2, 0.25) is 11.8 Å². The zero-order chi connectivity index (χ0) is 20.5. The van der Waals surface area contributed by atoms with Gasteiger partial charge in [0.1, 0.15) is 6.04 Å². The fraction of sp³-hybridized carbons (Fsp3) is 0.300. The Bertz CT molecular complexity index is 915. The first kappa shape index (κ1) is 20.3. The highest BCUT2D eigenvalue weighted by atomic mass is 32.2. The van der Waals surface area contributed by atoms with Gasteiger partial charge in [-0.15, -0.1) is 11.8 Å². The summed E-state index contributed by atoms with van der Waals surface area (Å²) in [4.78, 5) is 26.4. The first-order chi connectivity index (χ1) is 13.2. The lowest BCUT2D eigenvalue weighted by molar-refractivity contribution is -0.157. The second-order valence-electron chi connectivity index (χ2n) is 6.65. The van der Waals surface area contributed by atoms with E-state index in [1.54, 1.807) is 12.1 Å². The largest absolute Gasteiger partial charge is 0.409 e. The van der Waals surface area contributed by atoms with Crippen LogP contribution in [-0.4, -0.2) is 29.8 Å². The van der Waals surface area contributed by atoms with E-state index < -0.39 is 30.5 Å². The normalized spacial score (nSPS) is 17.0. The maximum atomic E-state index is 13.7. The molecule has 1 heterocycles. The number of aryl methyl sites for hydroxylation is 2. The molecule has 1 aliphatic rings. The predicted molar refractivity (Wildman–Crippen MR) is 104 cm³/mol. The molecular weight excluding hydrogens is 389 g/mol. The van der Waals surface area contributed by atoms with Gasteiger partial charge in [0.25, 0.3) is 0 Å². The molecule has 0 spiro atoms. The third-order valence-corrected chi connectivity index (χ3v) is 5.62. The minimum absolute atomic E-state index is 0.0573. The van der Waals surface area contributed by atoms with Crippen molar-refractivity contribution >= 4 is 35.0 Å². The summed E-state index contributed by atoms with van der Waals surface area (Å²) >= 11 is 1.19. The molecule has 0 radical (unpaired) electrons. The molecule has 8 heteroatoms. The minimum atomic E-state index is -4.73. The van der Waals surface area contributed by atoms with Gasteiger partial charge >= 0.3 is 6.18 Å². The van der Waals surface area contributed by atoms with Crippen LogP contribution in [0.2, 0.25) is 0 Å². The summed E-state index contributed by atoms with van der Waals surface area (Å²) in [6.07, 6.45) is -5.56. The monoisotopic (exact) mass is 408 g/mol. The zero-order valence-electron chi connectivity index (χ0n) is 15.3. The summed E-state index contributed by atoms with van der Waals surface area (Å²) in [5.74, 6) is -1.64. The number of rotatable bonds is 3. The summed E-state index contributed by atoms with van der Waals surface area (Å²) in [6.45, 7) is 3.83. The standard InChI is InChI=1S/C20H19F3N2O2S/c1-12-7-8-16(13(2)9-12)28-11-19(27)25-15-6-4-3-5-14(15)24-18(26)10-17(25)20(21,22)23/h3-9,17H,10-11H2,1-2H3,(H,24,26). The Morgan fingerprint density at radius 1 is 1.21 bits per heavy atom. The number of halogens is 3. The van der Waals surface area contributed by atoms with E-state index >= 15 is 0 Å². The van der Waals surface area contributed by atoms with Gasteiger partial charge < -0.3 is 5.32 Å². The topological polar surface area (TPSA) is 49.4 Å². The number of alkyl halides is 3. The molecule has 0 fully saturated rings. The van der Waals surface area contributed by atoms with Crippen LogP contribution in [0.15, 0.2) is 47.4 Å². The van der Waals surface area contributed by atoms with E-state index in [4.69, 9.17) is 0 Å². The van der Waals surface area contributed by atoms with E-state index in [-0.39, 0.29) is 17.1 Å². The van der Waals surface area contributed by atoms with Gasteiger partial charge in [-0.05, 0) is 37.6 Å². The highest BCUT2D eigenvalue weighted by Crippen LogP contribution is 2.38. The highest BCUT2D eigenvalue weighted by Gasteiger charge is 2.48. The van der Waals surface area contributed by atoms with Crippen molar-refractivity contribution in [1.82, 2.24) is 0 Å². The SMILES string of the molecule is Cc1ccc(SCC(=O)N2c3ccccc3NC(=O)CC2C(F)(F)F)c(C)c1. The summed E-state index contributed by atoms with van der Waals surface area (Å²) in [5, 5.41) is 2.46. The van der Waals surface area contributed by atoms with Crippen molar-refractivity contribution in [3.8, 4) is 0 Å². The molecule has 1 aliphatic heterocycles. The number of thioether (sulfide) groups is 1. The molecule has 0 saturated carbocycles. The Balaban J connectivity index is 1.92. The number of anilines is 2. The molecular formula is C20H19F3N2O2S. The number of nitrogens with one attached hydrogen (secondary N) is 1. The van der Waals surface area contributed by atoms with Crippen LogP contribution in [0.5, 0.6) is 0 Å². The molecule has 2 amide bonds. The molecule has 148 valence electrons. The van der Waals surface area contributed by atoms with Crippen LogP contribution in [0.3, 0.4) is 0 Å². The van der Waals surface area contributed by atoms with Crippen LogP contribution < -0.4 is 10.2 Å². The van der Waals surface area contributed by atoms with Crippen LogP contribution in [0.1, 0.15) is 17.5 Å². The Hall–Kier alpha value is -2.48. The van der Waals surface area contributed by atoms with Crippen LogP contribution in [-0.2, 0) is 9.59 Å². The van der Waals surface area contributed by atoms with E-state index in [2.05, 4.69) is 5.32 Å². The molecule has 0 aliphatic carbocycles. The van der Waals surface area contributed by atoms with Gasteiger partial charge in [-0.3, -0.25) is 14.5 Å². The van der Waals surface area contributed by atoms with Crippen molar-refractivity contribution in [2.75, 3.05) is 16.0 Å². The molecule has 0 aromatic heterocycles. The fourth-order valence-corrected chi connectivity index (χ4v) is 4.03. The van der Waals surface area contributed by atoms with Gasteiger partial charge in [-0.1, -0.05) is 29.8 Å². The van der Waals surface area contributed by atoms with Crippen molar-refractivity contribution in [1.29, 1.82) is 0 Å². The third kappa shape index (κ3) is 4.32. The summed E-state index contributed by atoms with van der Waals surface area (Å²) < 4.78 is 41.1. The lowest BCUT2D eigenvalue weighted by Gasteiger charge is -2.31. The number of nitrogens with zero attached hydrogens (tertiary/aromatic N) is 1. The van der Waals surface area contributed by atoms with Gasteiger partial charge in [0.05, 0.1) is 23.5 Å². The second-order valence-corrected chi connectivity index (χ2v) is 7.67. The van der Waals surface area contributed by atoms with Gasteiger partial charge in [-0.25, -0.2) is 0 Å². The molecule has 1 atom stereocenters. The number of benzene rings is 2. The molecule has 1 N–H and O–H groups in total. The Kier molecular flexibility index (Phi) is 5.69. The van der Waals surface area contributed by atoms with Crippen LogP contribution in [0.4, 0.5) is 24.5 Å². The van der Waals surface area contributed by atoms with Crippen LogP contribution in [0.25, 0.3) is 0 Å². The van der Waals surface area contributed by atoms with Crippen molar-refractivity contribution in [3.63, 3.8) is 0 Å². The molecule has 0 saturated heterocycles. The number of para-hydroxylation sites is 2. The summed E-state index contributed by atoms with van der Waals surface area (Å²) in [5.41, 5.74) is 2.28. The number of fused-ring (bicyclic) bond motifs is 1. The molecule has 4 nitrogen and oxygen atoms in total. The Morgan fingerprint density at radius 3 is 2.61 bits per heavy atom. The smallest absolute Gasteiger partial charge is 0.324 e. The maximum absolute atomic E-state index is 13.7. The van der Waals surface area contributed by atoms with Crippen LogP contribution in [0, 0.1) is 13.8 Å². The lowest BCUT2D eigenvalue weighted by atomic mass is 10.1. The van der Waals surface area contributed by atoms with Crippen molar-refractivity contribution in [2.45, 2.75) is 37.4 Å². The van der Waals surface area contributed by atoms with Crippen molar-refractivity contribution in [2.24, 2.45) is 0 Å². The number of hydrogen-bond donors (Lipinski definition) is 1. The fourth-order valence-electron chi connectivity index (χ4n) is 3.17. The van der Waals surface area contributed by atoms with E-state index in [0.29, 0.717) is 4.90 Å². The second kappa shape index (κ2) is 7.87. The Morgan fingerprint density at radius 2 is 1.93 bits per heavy atom. The first-order valence-corrected chi connectivity index (χ1v) is 9.63. The number of hydrogen-bond acceptors (Lipinski definition) is 3.